The molecule has 2 aliphatic heterocycles. The van der Waals surface area contributed by atoms with Crippen LogP contribution in [0.5, 0.6) is 0 Å². The summed E-state index contributed by atoms with van der Waals surface area (Å²) in [6, 6.07) is 0.126. The molecule has 2 atom stereocenters. The molecule has 0 saturated carbocycles. The van der Waals surface area contributed by atoms with Gasteiger partial charge >= 0.3 is 0 Å². The van der Waals surface area contributed by atoms with Crippen LogP contribution < -0.4 is 9.44 Å². The number of amidine groups is 1. The van der Waals surface area contributed by atoms with Crippen LogP contribution in [0.25, 0.3) is 0 Å². The number of hydrogen-bond acceptors (Lipinski definition) is 4. The van der Waals surface area contributed by atoms with Crippen LogP contribution in [0, 0.1) is 22.2 Å². The summed E-state index contributed by atoms with van der Waals surface area (Å²) in [6.07, 6.45) is 0.876. The molecule has 0 aromatic rings. The predicted molar refractivity (Wildman–Crippen MR) is 117 cm³/mol. The van der Waals surface area contributed by atoms with E-state index in [1.165, 1.54) is 18.3 Å². The normalized spacial score (nSPS) is 24.5. The third-order valence-corrected chi connectivity index (χ3v) is 6.55. The molecule has 0 bridgehead atoms. The molecule has 7 heteroatoms. The van der Waals surface area contributed by atoms with Crippen LogP contribution >= 0.6 is 0 Å². The van der Waals surface area contributed by atoms with Gasteiger partial charge in [0.15, 0.2) is 0 Å². The Morgan fingerprint density at radius 3 is 2.04 bits per heavy atom. The van der Waals surface area contributed by atoms with Crippen molar-refractivity contribution in [3.63, 3.8) is 0 Å². The highest BCUT2D eigenvalue weighted by atomic mass is 32.2. The minimum Gasteiger partial charge on any atom is -0.333 e. The molecule has 162 valence electrons. The number of rotatable bonds is 4. The number of fused-ring (bicyclic) bond motifs is 1. The first kappa shape index (κ1) is 23.4. The number of nitrogens with one attached hydrogen (secondary N) is 2. The lowest BCUT2D eigenvalue weighted by molar-refractivity contribution is 0.285. The fraction of sp³-hybridized carbons (Fsp3) is 0.857. The minimum atomic E-state index is -3.42. The quantitative estimate of drug-likeness (QED) is 0.742. The Balaban J connectivity index is 2.51. The molecule has 2 rings (SSSR count). The zero-order chi connectivity index (χ0) is 21.7. The maximum Gasteiger partial charge on any atom is 0.276 e. The number of hydrogen-bond donors (Lipinski definition) is 2. The van der Waals surface area contributed by atoms with Crippen molar-refractivity contribution in [3.8, 4) is 0 Å². The fourth-order valence-electron chi connectivity index (χ4n) is 4.21. The van der Waals surface area contributed by atoms with Crippen molar-refractivity contribution in [1.82, 2.24) is 14.3 Å². The predicted octanol–water partition coefficient (Wildman–Crippen LogP) is 3.54. The van der Waals surface area contributed by atoms with Crippen LogP contribution in [-0.2, 0) is 10.2 Å². The summed E-state index contributed by atoms with van der Waals surface area (Å²) in [4.78, 5) is 7.68. The van der Waals surface area contributed by atoms with E-state index >= 15 is 0 Å². The van der Waals surface area contributed by atoms with Gasteiger partial charge in [-0.3, -0.25) is 4.99 Å². The Hall–Kier alpha value is -0.920. The van der Waals surface area contributed by atoms with Crippen molar-refractivity contribution in [2.45, 2.75) is 74.8 Å². The zero-order valence-corrected chi connectivity index (χ0v) is 20.2. The van der Waals surface area contributed by atoms with E-state index in [1.807, 2.05) is 0 Å². The lowest BCUT2D eigenvalue weighted by Crippen LogP contribution is -2.47. The molecule has 0 aromatic carbocycles. The molecule has 0 aromatic heterocycles. The highest BCUT2D eigenvalue weighted by Crippen LogP contribution is 2.48. The molecular formula is C21H40N4O2S. The molecule has 1 fully saturated rings. The molecule has 0 spiro atoms. The van der Waals surface area contributed by atoms with E-state index < -0.39 is 10.2 Å². The average Bonchev–Trinajstić information content (AvgIpc) is 2.91. The summed E-state index contributed by atoms with van der Waals surface area (Å²) >= 11 is 0. The first-order chi connectivity index (χ1) is 12.5. The van der Waals surface area contributed by atoms with Crippen LogP contribution in [0.1, 0.15) is 68.7 Å². The molecule has 0 aliphatic carbocycles. The maximum absolute atomic E-state index is 11.8. The molecule has 0 radical (unpaired) electrons. The maximum atomic E-state index is 11.8. The van der Waals surface area contributed by atoms with Gasteiger partial charge in [0.2, 0.25) is 0 Å². The topological polar surface area (TPSA) is 73.8 Å². The van der Waals surface area contributed by atoms with Crippen LogP contribution in [0.2, 0.25) is 0 Å². The Morgan fingerprint density at radius 1 is 1.04 bits per heavy atom. The average molecular weight is 413 g/mol. The molecule has 0 amide bonds. The van der Waals surface area contributed by atoms with Gasteiger partial charge in [-0.25, -0.2) is 9.44 Å². The number of allylic oxidation sites excluding steroid dienone is 1. The van der Waals surface area contributed by atoms with E-state index in [1.54, 1.807) is 0 Å². The van der Waals surface area contributed by atoms with E-state index in [9.17, 15) is 8.42 Å². The summed E-state index contributed by atoms with van der Waals surface area (Å²) in [6.45, 7) is 21.4. The van der Waals surface area contributed by atoms with Gasteiger partial charge in [-0.15, -0.1) is 0 Å². The van der Waals surface area contributed by atoms with Gasteiger partial charge in [0.1, 0.15) is 5.84 Å². The molecule has 6 nitrogen and oxygen atoms in total. The fourth-order valence-corrected chi connectivity index (χ4v) is 4.80. The van der Waals surface area contributed by atoms with Crippen LogP contribution in [0.15, 0.2) is 16.3 Å². The van der Waals surface area contributed by atoms with E-state index in [0.717, 1.165) is 18.8 Å². The second-order valence-corrected chi connectivity index (χ2v) is 13.0. The van der Waals surface area contributed by atoms with Crippen molar-refractivity contribution in [2.24, 2.45) is 27.2 Å². The zero-order valence-electron chi connectivity index (χ0n) is 19.4. The largest absolute Gasteiger partial charge is 0.333 e. The van der Waals surface area contributed by atoms with Gasteiger partial charge in [-0.2, -0.15) is 8.42 Å². The Kier molecular flexibility index (Phi) is 6.17. The molecule has 2 aliphatic rings. The van der Waals surface area contributed by atoms with Gasteiger partial charge in [0.25, 0.3) is 10.2 Å². The molecule has 28 heavy (non-hydrogen) atoms. The van der Waals surface area contributed by atoms with E-state index in [4.69, 9.17) is 4.99 Å². The van der Waals surface area contributed by atoms with Crippen LogP contribution in [0.4, 0.5) is 0 Å². The van der Waals surface area contributed by atoms with Gasteiger partial charge in [-0.05, 0) is 28.7 Å². The van der Waals surface area contributed by atoms with E-state index in [2.05, 4.69) is 76.7 Å². The summed E-state index contributed by atoms with van der Waals surface area (Å²) < 4.78 is 28.7. The number of nitrogens with zero attached hydrogens (tertiary/aromatic N) is 2. The van der Waals surface area contributed by atoms with Crippen molar-refractivity contribution >= 4 is 16.0 Å². The molecule has 2 unspecified atom stereocenters. The third kappa shape index (κ3) is 4.97. The second-order valence-electron chi connectivity index (χ2n) is 11.3. The van der Waals surface area contributed by atoms with Crippen molar-refractivity contribution in [2.75, 3.05) is 20.1 Å². The Bertz CT molecular complexity index is 762. The summed E-state index contributed by atoms with van der Waals surface area (Å²) in [5.41, 5.74) is 2.69. The van der Waals surface area contributed by atoms with Gasteiger partial charge in [0.05, 0.1) is 6.04 Å². The highest BCUT2D eigenvalue weighted by molar-refractivity contribution is 7.87. The van der Waals surface area contributed by atoms with Gasteiger partial charge < -0.3 is 4.90 Å². The first-order valence-electron chi connectivity index (χ1n) is 10.2. The van der Waals surface area contributed by atoms with Crippen molar-refractivity contribution < 1.29 is 8.42 Å². The Labute approximate surface area is 172 Å². The van der Waals surface area contributed by atoms with Crippen LogP contribution in [-0.4, -0.2) is 45.3 Å². The third-order valence-electron chi connectivity index (χ3n) is 5.47. The molecular weight excluding hydrogens is 372 g/mol. The summed E-state index contributed by atoms with van der Waals surface area (Å²) in [7, 11) is -1.99. The van der Waals surface area contributed by atoms with Gasteiger partial charge in [-0.1, -0.05) is 62.3 Å². The van der Waals surface area contributed by atoms with E-state index in [-0.39, 0.29) is 28.2 Å². The lowest BCUT2D eigenvalue weighted by atomic mass is 9.70. The number of aliphatic imine (C=N–C) groups is 1. The molecule has 2 N–H and O–H groups in total. The highest BCUT2D eigenvalue weighted by Gasteiger charge is 2.46. The summed E-state index contributed by atoms with van der Waals surface area (Å²) in [5.74, 6) is 1.34. The standard InChI is InChI=1S/C21H40N4O2S/c1-19(2,3)16-15-11-14(12-23-28(26,27)22-10)13-25(15)18(21(7,8)9)24-17(16)20(4,5)6/h14,17,22-23H,11-13H2,1-10H3. The SMILES string of the molecule is CNS(=O)(=O)NCC1CC2=C(C(C)(C)C)C(C(C)(C)C)N=C(C(C)(C)C)N2C1. The molecule has 1 saturated heterocycles. The molecule has 2 heterocycles. The monoisotopic (exact) mass is 412 g/mol. The van der Waals surface area contributed by atoms with Crippen molar-refractivity contribution in [3.05, 3.63) is 11.3 Å². The minimum absolute atomic E-state index is 0.00217. The van der Waals surface area contributed by atoms with E-state index in [0.29, 0.717) is 6.54 Å². The Morgan fingerprint density at radius 2 is 1.61 bits per heavy atom. The first-order valence-corrected chi connectivity index (χ1v) is 11.7. The van der Waals surface area contributed by atoms with Crippen molar-refractivity contribution in [1.29, 1.82) is 0 Å². The lowest BCUT2D eigenvalue weighted by Gasteiger charge is -2.45. The smallest absolute Gasteiger partial charge is 0.276 e. The van der Waals surface area contributed by atoms with Crippen LogP contribution in [0.3, 0.4) is 0 Å². The second kappa shape index (κ2) is 7.40. The summed E-state index contributed by atoms with van der Waals surface area (Å²) in [5, 5.41) is 0. The van der Waals surface area contributed by atoms with Gasteiger partial charge in [0, 0.05) is 31.2 Å².